The van der Waals surface area contributed by atoms with Gasteiger partial charge in [-0.1, -0.05) is 17.7 Å². The second-order valence-electron chi connectivity index (χ2n) is 2.96. The summed E-state index contributed by atoms with van der Waals surface area (Å²) in [6.45, 7) is 1.85. The Morgan fingerprint density at radius 3 is 2.46 bits per heavy atom. The van der Waals surface area contributed by atoms with Gasteiger partial charge >= 0.3 is 0 Å². The van der Waals surface area contributed by atoms with E-state index in [1.807, 2.05) is 31.2 Å². The minimum absolute atomic E-state index is 0.125. The monoisotopic (exact) mass is 182 g/mol. The highest BCUT2D eigenvalue weighted by Gasteiger charge is 2.01. The molecular formula is C10H14O3. The highest BCUT2D eigenvalue weighted by molar-refractivity contribution is 5.26. The Hall–Kier alpha value is -1.06. The number of rotatable bonds is 4. The predicted molar refractivity (Wildman–Crippen MR) is 49.8 cm³/mol. The molecule has 0 unspecified atom stereocenters. The van der Waals surface area contributed by atoms with Crippen LogP contribution in [-0.4, -0.2) is 29.5 Å². The van der Waals surface area contributed by atoms with Crippen molar-refractivity contribution in [2.75, 3.05) is 13.2 Å². The third-order valence-corrected chi connectivity index (χ3v) is 1.67. The van der Waals surface area contributed by atoms with Crippen molar-refractivity contribution in [1.82, 2.24) is 0 Å². The molecule has 0 aliphatic rings. The Bertz CT molecular complexity index is 243. The molecule has 1 rings (SSSR count). The van der Waals surface area contributed by atoms with Crippen LogP contribution >= 0.6 is 0 Å². The minimum Gasteiger partial charge on any atom is -0.491 e. The fraction of sp³-hybridized carbons (Fsp3) is 0.400. The zero-order chi connectivity index (χ0) is 9.68. The second-order valence-corrected chi connectivity index (χ2v) is 2.96. The lowest BCUT2D eigenvalue weighted by molar-refractivity contribution is 0.0536. The van der Waals surface area contributed by atoms with E-state index < -0.39 is 6.10 Å². The summed E-state index contributed by atoms with van der Waals surface area (Å²) in [7, 11) is 0. The van der Waals surface area contributed by atoms with Crippen LogP contribution in [0.2, 0.25) is 0 Å². The molecule has 0 aliphatic carbocycles. The van der Waals surface area contributed by atoms with Crippen LogP contribution in [0.25, 0.3) is 0 Å². The lowest BCUT2D eigenvalue weighted by Crippen LogP contribution is -2.21. The first-order valence-electron chi connectivity index (χ1n) is 4.21. The Balaban J connectivity index is 2.41. The maximum atomic E-state index is 9.00. The first-order valence-corrected chi connectivity index (χ1v) is 4.21. The van der Waals surface area contributed by atoms with Crippen molar-refractivity contribution in [2.24, 2.45) is 0 Å². The third kappa shape index (κ3) is 3.44. The molecule has 0 heterocycles. The fourth-order valence-corrected chi connectivity index (χ4v) is 0.880. The molecule has 13 heavy (non-hydrogen) atoms. The molecule has 3 nitrogen and oxygen atoms in total. The summed E-state index contributed by atoms with van der Waals surface area (Å²) >= 11 is 0. The van der Waals surface area contributed by atoms with Crippen LogP contribution in [0, 0.1) is 6.92 Å². The van der Waals surface area contributed by atoms with Gasteiger partial charge in [-0.3, -0.25) is 0 Å². The maximum Gasteiger partial charge on any atom is 0.119 e. The van der Waals surface area contributed by atoms with Crippen LogP contribution < -0.4 is 4.74 Å². The molecule has 0 aromatic heterocycles. The van der Waals surface area contributed by atoms with E-state index in [1.165, 1.54) is 0 Å². The van der Waals surface area contributed by atoms with Crippen molar-refractivity contribution >= 4 is 0 Å². The average Bonchev–Trinajstić information content (AvgIpc) is 2.16. The zero-order valence-electron chi connectivity index (χ0n) is 7.60. The normalized spacial score (nSPS) is 12.5. The van der Waals surface area contributed by atoms with Gasteiger partial charge in [0.2, 0.25) is 0 Å². The molecule has 0 saturated heterocycles. The molecular weight excluding hydrogens is 168 g/mol. The van der Waals surface area contributed by atoms with Crippen LogP contribution in [-0.2, 0) is 0 Å². The Morgan fingerprint density at radius 2 is 1.92 bits per heavy atom. The number of benzene rings is 1. The summed E-state index contributed by atoms with van der Waals surface area (Å²) in [4.78, 5) is 0. The predicted octanol–water partition coefficient (Wildman–Crippen LogP) is 0.727. The Morgan fingerprint density at radius 1 is 1.31 bits per heavy atom. The SMILES string of the molecule is Cc1ccc(OC[C@H](O)CO)cc1. The third-order valence-electron chi connectivity index (χ3n) is 1.67. The molecule has 0 spiro atoms. The van der Waals surface area contributed by atoms with Crippen molar-refractivity contribution in [3.63, 3.8) is 0 Å². The average molecular weight is 182 g/mol. The maximum absolute atomic E-state index is 9.00. The van der Waals surface area contributed by atoms with Gasteiger partial charge < -0.3 is 14.9 Å². The van der Waals surface area contributed by atoms with Crippen molar-refractivity contribution < 1.29 is 14.9 Å². The van der Waals surface area contributed by atoms with Gasteiger partial charge in [-0.25, -0.2) is 0 Å². The molecule has 0 radical (unpaired) electrons. The van der Waals surface area contributed by atoms with Gasteiger partial charge in [0.25, 0.3) is 0 Å². The number of hydrogen-bond donors (Lipinski definition) is 2. The van der Waals surface area contributed by atoms with Gasteiger partial charge in [0.1, 0.15) is 18.5 Å². The number of aryl methyl sites for hydroxylation is 1. The number of hydrogen-bond acceptors (Lipinski definition) is 3. The summed E-state index contributed by atoms with van der Waals surface area (Å²) in [5, 5.41) is 17.5. The molecule has 2 N–H and O–H groups in total. The summed E-state index contributed by atoms with van der Waals surface area (Å²) in [6, 6.07) is 7.53. The van der Waals surface area contributed by atoms with E-state index in [-0.39, 0.29) is 13.2 Å². The minimum atomic E-state index is -0.804. The first kappa shape index (κ1) is 10.0. The largest absolute Gasteiger partial charge is 0.491 e. The number of ether oxygens (including phenoxy) is 1. The summed E-state index contributed by atoms with van der Waals surface area (Å²) < 4.78 is 5.20. The Kier molecular flexibility index (Phi) is 3.73. The standard InChI is InChI=1S/C10H14O3/c1-8-2-4-10(5-3-8)13-7-9(12)6-11/h2-5,9,11-12H,6-7H2,1H3/t9-/m1/s1. The molecule has 0 fully saturated rings. The summed E-state index contributed by atoms with van der Waals surface area (Å²) in [5.74, 6) is 0.707. The van der Waals surface area contributed by atoms with E-state index in [4.69, 9.17) is 14.9 Å². The molecule has 1 aromatic carbocycles. The van der Waals surface area contributed by atoms with E-state index in [1.54, 1.807) is 0 Å². The Labute approximate surface area is 77.6 Å². The van der Waals surface area contributed by atoms with Crippen LogP contribution in [0.4, 0.5) is 0 Å². The quantitative estimate of drug-likeness (QED) is 0.721. The zero-order valence-corrected chi connectivity index (χ0v) is 7.60. The first-order chi connectivity index (χ1) is 6.22. The van der Waals surface area contributed by atoms with E-state index in [0.717, 1.165) is 5.56 Å². The van der Waals surface area contributed by atoms with E-state index in [2.05, 4.69) is 0 Å². The number of aliphatic hydroxyl groups is 2. The molecule has 0 bridgehead atoms. The fourth-order valence-electron chi connectivity index (χ4n) is 0.880. The molecule has 1 aromatic rings. The van der Waals surface area contributed by atoms with Gasteiger partial charge in [-0.2, -0.15) is 0 Å². The van der Waals surface area contributed by atoms with Crippen molar-refractivity contribution in [3.05, 3.63) is 29.8 Å². The van der Waals surface area contributed by atoms with Gasteiger partial charge in [-0.05, 0) is 19.1 Å². The molecule has 0 amide bonds. The van der Waals surface area contributed by atoms with E-state index >= 15 is 0 Å². The highest BCUT2D eigenvalue weighted by atomic mass is 16.5. The van der Waals surface area contributed by atoms with Crippen LogP contribution in [0.1, 0.15) is 5.56 Å². The van der Waals surface area contributed by atoms with Crippen LogP contribution in [0.5, 0.6) is 5.75 Å². The van der Waals surface area contributed by atoms with Gasteiger partial charge in [0, 0.05) is 0 Å². The summed E-state index contributed by atoms with van der Waals surface area (Å²) in [5.41, 5.74) is 1.16. The van der Waals surface area contributed by atoms with Gasteiger partial charge in [0.15, 0.2) is 0 Å². The summed E-state index contributed by atoms with van der Waals surface area (Å²) in [6.07, 6.45) is -0.804. The lowest BCUT2D eigenvalue weighted by Gasteiger charge is -2.09. The van der Waals surface area contributed by atoms with Crippen molar-refractivity contribution in [3.8, 4) is 5.75 Å². The highest BCUT2D eigenvalue weighted by Crippen LogP contribution is 2.11. The molecule has 0 saturated carbocycles. The second kappa shape index (κ2) is 4.84. The van der Waals surface area contributed by atoms with Crippen LogP contribution in [0.3, 0.4) is 0 Å². The van der Waals surface area contributed by atoms with Crippen LogP contribution in [0.15, 0.2) is 24.3 Å². The molecule has 0 aliphatic heterocycles. The molecule has 3 heteroatoms. The van der Waals surface area contributed by atoms with Crippen molar-refractivity contribution in [1.29, 1.82) is 0 Å². The lowest BCUT2D eigenvalue weighted by atomic mass is 10.2. The van der Waals surface area contributed by atoms with Gasteiger partial charge in [0.05, 0.1) is 6.61 Å². The van der Waals surface area contributed by atoms with Crippen molar-refractivity contribution in [2.45, 2.75) is 13.0 Å². The molecule has 1 atom stereocenters. The smallest absolute Gasteiger partial charge is 0.119 e. The van der Waals surface area contributed by atoms with Gasteiger partial charge in [-0.15, -0.1) is 0 Å². The van der Waals surface area contributed by atoms with E-state index in [0.29, 0.717) is 5.75 Å². The molecule has 72 valence electrons. The topological polar surface area (TPSA) is 49.7 Å². The van der Waals surface area contributed by atoms with E-state index in [9.17, 15) is 0 Å². The number of aliphatic hydroxyl groups excluding tert-OH is 2.